The second-order valence-electron chi connectivity index (χ2n) is 5.51. The largest absolute Gasteiger partial charge is 0.495 e. The van der Waals surface area contributed by atoms with Crippen molar-refractivity contribution >= 4 is 17.6 Å². The molecule has 20 heavy (non-hydrogen) atoms. The number of methoxy groups -OCH3 is 2. The average Bonchev–Trinajstić information content (AvgIpc) is 2.35. The van der Waals surface area contributed by atoms with E-state index in [9.17, 15) is 4.79 Å². The maximum absolute atomic E-state index is 10.8. The zero-order chi connectivity index (χ0) is 15.3. The number of carbonyl (C=O) groups is 1. The molecule has 0 saturated carbocycles. The highest BCUT2D eigenvalue weighted by molar-refractivity contribution is 6.33. The monoisotopic (exact) mass is 300 g/mol. The van der Waals surface area contributed by atoms with Crippen LogP contribution in [-0.4, -0.2) is 25.3 Å². The summed E-state index contributed by atoms with van der Waals surface area (Å²) in [6, 6.07) is 3.70. The highest BCUT2D eigenvalue weighted by Crippen LogP contribution is 2.38. The molecule has 0 amide bonds. The minimum Gasteiger partial charge on any atom is -0.495 e. The maximum Gasteiger partial charge on any atom is 0.303 e. The van der Waals surface area contributed by atoms with Gasteiger partial charge in [-0.2, -0.15) is 0 Å². The van der Waals surface area contributed by atoms with Crippen molar-refractivity contribution in [3.05, 3.63) is 22.7 Å². The molecule has 0 spiro atoms. The van der Waals surface area contributed by atoms with Crippen molar-refractivity contribution in [2.45, 2.75) is 33.1 Å². The molecule has 0 aromatic heterocycles. The normalized spacial score (nSPS) is 11.2. The van der Waals surface area contributed by atoms with E-state index < -0.39 is 5.97 Å². The molecule has 0 aliphatic rings. The third-order valence-electron chi connectivity index (χ3n) is 3.27. The number of hydrogen-bond donors (Lipinski definition) is 1. The highest BCUT2D eigenvalue weighted by Gasteiger charge is 2.23. The Labute approximate surface area is 124 Å². The Morgan fingerprint density at radius 1 is 1.30 bits per heavy atom. The molecule has 1 aromatic carbocycles. The van der Waals surface area contributed by atoms with Gasteiger partial charge in [-0.25, -0.2) is 0 Å². The van der Waals surface area contributed by atoms with Crippen LogP contribution in [0.15, 0.2) is 12.1 Å². The first kappa shape index (κ1) is 16.6. The van der Waals surface area contributed by atoms with Gasteiger partial charge in [0.15, 0.2) is 0 Å². The van der Waals surface area contributed by atoms with Gasteiger partial charge in [0.05, 0.1) is 20.6 Å². The van der Waals surface area contributed by atoms with Crippen molar-refractivity contribution < 1.29 is 19.4 Å². The fourth-order valence-corrected chi connectivity index (χ4v) is 2.46. The Hall–Kier alpha value is -1.42. The van der Waals surface area contributed by atoms with Crippen LogP contribution in [0.2, 0.25) is 5.02 Å². The lowest BCUT2D eigenvalue weighted by atomic mass is 9.83. The van der Waals surface area contributed by atoms with Gasteiger partial charge in [0.25, 0.3) is 0 Å². The average molecular weight is 301 g/mol. The van der Waals surface area contributed by atoms with E-state index in [-0.39, 0.29) is 11.8 Å². The van der Waals surface area contributed by atoms with Crippen molar-refractivity contribution in [2.75, 3.05) is 14.2 Å². The lowest BCUT2D eigenvalue weighted by molar-refractivity contribution is -0.139. The van der Waals surface area contributed by atoms with E-state index in [0.29, 0.717) is 22.9 Å². The number of aliphatic carboxylic acids is 1. The van der Waals surface area contributed by atoms with E-state index in [1.165, 1.54) is 0 Å². The number of aryl methyl sites for hydroxylation is 1. The molecule has 0 saturated heterocycles. The molecule has 1 N–H and O–H groups in total. The molecule has 0 heterocycles. The zero-order valence-corrected chi connectivity index (χ0v) is 13.1. The first-order valence-corrected chi connectivity index (χ1v) is 6.79. The molecule has 1 rings (SSSR count). The molecule has 4 nitrogen and oxygen atoms in total. The Kier molecular flexibility index (Phi) is 5.69. The van der Waals surface area contributed by atoms with Gasteiger partial charge in [0, 0.05) is 0 Å². The summed E-state index contributed by atoms with van der Waals surface area (Å²) in [4.78, 5) is 10.8. The number of carboxylic acids is 1. The summed E-state index contributed by atoms with van der Waals surface area (Å²) in [6.45, 7) is 3.89. The second-order valence-corrected chi connectivity index (χ2v) is 5.89. The van der Waals surface area contributed by atoms with Crippen LogP contribution in [0, 0.1) is 5.41 Å². The van der Waals surface area contributed by atoms with Crippen LogP contribution in [-0.2, 0) is 11.2 Å². The Bertz CT molecular complexity index is 483. The number of ether oxygens (including phenoxy) is 2. The van der Waals surface area contributed by atoms with E-state index in [0.717, 1.165) is 12.0 Å². The fraction of sp³-hybridized carbons (Fsp3) is 0.533. The smallest absolute Gasteiger partial charge is 0.303 e. The van der Waals surface area contributed by atoms with Crippen LogP contribution >= 0.6 is 11.6 Å². The molecule has 5 heteroatoms. The van der Waals surface area contributed by atoms with Crippen molar-refractivity contribution in [2.24, 2.45) is 5.41 Å². The summed E-state index contributed by atoms with van der Waals surface area (Å²) in [5, 5.41) is 9.34. The van der Waals surface area contributed by atoms with Gasteiger partial charge < -0.3 is 14.6 Å². The molecule has 1 aromatic rings. The van der Waals surface area contributed by atoms with Gasteiger partial charge in [-0.1, -0.05) is 31.5 Å². The molecule has 0 aliphatic heterocycles. The van der Waals surface area contributed by atoms with Gasteiger partial charge in [0.1, 0.15) is 16.5 Å². The quantitative estimate of drug-likeness (QED) is 0.832. The van der Waals surface area contributed by atoms with Gasteiger partial charge >= 0.3 is 5.97 Å². The fourth-order valence-electron chi connectivity index (χ4n) is 2.12. The van der Waals surface area contributed by atoms with E-state index in [2.05, 4.69) is 0 Å². The van der Waals surface area contributed by atoms with Crippen LogP contribution in [0.5, 0.6) is 11.5 Å². The summed E-state index contributed by atoms with van der Waals surface area (Å²) in [5.74, 6) is 0.379. The minimum absolute atomic E-state index is 0.138. The van der Waals surface area contributed by atoms with Crippen LogP contribution in [0.1, 0.15) is 32.3 Å². The third kappa shape index (κ3) is 4.30. The third-order valence-corrected chi connectivity index (χ3v) is 3.63. The molecule has 0 atom stereocenters. The van der Waals surface area contributed by atoms with Crippen molar-refractivity contribution in [3.63, 3.8) is 0 Å². The zero-order valence-electron chi connectivity index (χ0n) is 12.3. The Morgan fingerprint density at radius 3 is 2.45 bits per heavy atom. The predicted molar refractivity (Wildman–Crippen MR) is 78.9 cm³/mol. The number of carboxylic acid groups (broad SMARTS) is 1. The van der Waals surface area contributed by atoms with Crippen molar-refractivity contribution in [1.82, 2.24) is 0 Å². The molecular formula is C15H21ClO4. The molecule has 112 valence electrons. The van der Waals surface area contributed by atoms with Gasteiger partial charge in [0.2, 0.25) is 0 Å². The number of hydrogen-bond acceptors (Lipinski definition) is 3. The predicted octanol–water partition coefficient (Wildman–Crippen LogP) is 3.79. The van der Waals surface area contributed by atoms with E-state index in [4.69, 9.17) is 26.2 Å². The Morgan fingerprint density at radius 2 is 1.95 bits per heavy atom. The lowest BCUT2D eigenvalue weighted by Crippen LogP contribution is -2.17. The molecule has 0 radical (unpaired) electrons. The van der Waals surface area contributed by atoms with Gasteiger partial charge in [-0.05, 0) is 29.9 Å². The summed E-state index contributed by atoms with van der Waals surface area (Å²) in [5.41, 5.74) is 0.681. The SMILES string of the molecule is COc1ccc(CCC(C)(C)CC(=O)O)c(OC)c1Cl. The minimum atomic E-state index is -0.783. The van der Waals surface area contributed by atoms with Crippen molar-refractivity contribution in [1.29, 1.82) is 0 Å². The molecular weight excluding hydrogens is 280 g/mol. The summed E-state index contributed by atoms with van der Waals surface area (Å²) < 4.78 is 10.5. The molecule has 0 aliphatic carbocycles. The highest BCUT2D eigenvalue weighted by atomic mass is 35.5. The maximum atomic E-state index is 10.8. The van der Waals surface area contributed by atoms with Crippen LogP contribution in [0.25, 0.3) is 0 Å². The molecule has 0 bridgehead atoms. The Balaban J connectivity index is 2.88. The standard InChI is InChI=1S/C15H21ClO4/c1-15(2,9-12(17)18)8-7-10-5-6-11(19-3)13(16)14(10)20-4/h5-6H,7-9H2,1-4H3,(H,17,18). The van der Waals surface area contributed by atoms with Crippen molar-refractivity contribution in [3.8, 4) is 11.5 Å². The molecule has 0 fully saturated rings. The number of rotatable bonds is 7. The summed E-state index contributed by atoms with van der Waals surface area (Å²) >= 11 is 6.20. The van der Waals surface area contributed by atoms with Gasteiger partial charge in [-0.15, -0.1) is 0 Å². The first-order valence-electron chi connectivity index (χ1n) is 6.42. The summed E-state index contributed by atoms with van der Waals surface area (Å²) in [6.07, 6.45) is 1.57. The molecule has 0 unspecified atom stereocenters. The number of benzene rings is 1. The van der Waals surface area contributed by atoms with E-state index in [1.54, 1.807) is 20.3 Å². The summed E-state index contributed by atoms with van der Waals surface area (Å²) in [7, 11) is 3.11. The van der Waals surface area contributed by atoms with E-state index in [1.807, 2.05) is 19.9 Å². The van der Waals surface area contributed by atoms with Crippen LogP contribution in [0.4, 0.5) is 0 Å². The van der Waals surface area contributed by atoms with E-state index >= 15 is 0 Å². The first-order chi connectivity index (χ1) is 9.30. The number of halogens is 1. The topological polar surface area (TPSA) is 55.8 Å². The van der Waals surface area contributed by atoms with Gasteiger partial charge in [-0.3, -0.25) is 4.79 Å². The lowest BCUT2D eigenvalue weighted by Gasteiger charge is -2.23. The van der Waals surface area contributed by atoms with Crippen LogP contribution in [0.3, 0.4) is 0 Å². The second kappa shape index (κ2) is 6.84. The van der Waals surface area contributed by atoms with Crippen LogP contribution < -0.4 is 9.47 Å².